The molecule has 0 spiro atoms. The number of aromatic nitrogens is 2. The lowest BCUT2D eigenvalue weighted by Crippen LogP contribution is -2.32. The molecule has 1 unspecified atom stereocenters. The van der Waals surface area contributed by atoms with E-state index in [1.54, 1.807) is 6.07 Å². The topological polar surface area (TPSA) is 64.3 Å². The smallest absolute Gasteiger partial charge is 0.274 e. The number of benzene rings is 2. The van der Waals surface area contributed by atoms with Gasteiger partial charge < -0.3 is 9.84 Å². The van der Waals surface area contributed by atoms with Crippen LogP contribution in [0.1, 0.15) is 32.0 Å². The van der Waals surface area contributed by atoms with Crippen LogP contribution >= 0.6 is 0 Å². The lowest BCUT2D eigenvalue weighted by Gasteiger charge is -2.23. The largest absolute Gasteiger partial charge is 0.491 e. The number of rotatable bonds is 5. The number of ether oxygens (including phenoxy) is 1. The summed E-state index contributed by atoms with van der Waals surface area (Å²) in [5.74, 6) is 0.749. The zero-order valence-electron chi connectivity index (χ0n) is 16.3. The van der Waals surface area contributed by atoms with Crippen LogP contribution in [0, 0.1) is 6.92 Å². The van der Waals surface area contributed by atoms with Crippen LogP contribution in [0.25, 0.3) is 10.8 Å². The molecular weight excluding hydrogens is 340 g/mol. The molecule has 27 heavy (non-hydrogen) atoms. The summed E-state index contributed by atoms with van der Waals surface area (Å²) in [5, 5.41) is 16.2. The van der Waals surface area contributed by atoms with Crippen LogP contribution in [0.3, 0.4) is 0 Å². The molecule has 0 aliphatic carbocycles. The van der Waals surface area contributed by atoms with E-state index in [4.69, 9.17) is 4.74 Å². The Morgan fingerprint density at radius 1 is 1.07 bits per heavy atom. The van der Waals surface area contributed by atoms with Gasteiger partial charge in [0, 0.05) is 5.39 Å². The lowest BCUT2D eigenvalue weighted by molar-refractivity contribution is 0.0871. The highest BCUT2D eigenvalue weighted by Crippen LogP contribution is 2.30. The van der Waals surface area contributed by atoms with Gasteiger partial charge in [-0.25, -0.2) is 4.68 Å². The molecule has 0 saturated heterocycles. The van der Waals surface area contributed by atoms with Gasteiger partial charge in [0.25, 0.3) is 5.56 Å². The second-order valence-electron chi connectivity index (χ2n) is 7.83. The molecule has 5 heteroatoms. The average Bonchev–Trinajstić information content (AvgIpc) is 2.64. The van der Waals surface area contributed by atoms with Crippen molar-refractivity contribution in [3.8, 4) is 5.75 Å². The molecule has 1 aromatic heterocycles. The van der Waals surface area contributed by atoms with E-state index in [-0.39, 0.29) is 24.1 Å². The monoisotopic (exact) mass is 366 g/mol. The maximum absolute atomic E-state index is 12.6. The first-order valence-electron chi connectivity index (χ1n) is 9.14. The molecule has 1 atom stereocenters. The number of hydrogen-bond acceptors (Lipinski definition) is 4. The van der Waals surface area contributed by atoms with E-state index in [2.05, 4.69) is 25.9 Å². The van der Waals surface area contributed by atoms with E-state index in [0.717, 1.165) is 22.4 Å². The summed E-state index contributed by atoms with van der Waals surface area (Å²) >= 11 is 0. The predicted octanol–water partition coefficient (Wildman–Crippen LogP) is 3.44. The molecule has 0 aliphatic heterocycles. The fraction of sp³-hybridized carbons (Fsp3) is 0.364. The second-order valence-corrected chi connectivity index (χ2v) is 7.83. The average molecular weight is 366 g/mol. The molecule has 0 fully saturated rings. The van der Waals surface area contributed by atoms with E-state index < -0.39 is 6.10 Å². The van der Waals surface area contributed by atoms with Crippen molar-refractivity contribution in [2.45, 2.75) is 45.8 Å². The van der Waals surface area contributed by atoms with Gasteiger partial charge in [-0.05, 0) is 30.0 Å². The molecule has 0 saturated carbocycles. The Balaban J connectivity index is 1.76. The minimum absolute atomic E-state index is 0.0600. The Labute approximate surface area is 159 Å². The summed E-state index contributed by atoms with van der Waals surface area (Å²) in [6.07, 6.45) is -0.844. The highest BCUT2D eigenvalue weighted by Gasteiger charge is 2.19. The molecule has 0 bridgehead atoms. The summed E-state index contributed by atoms with van der Waals surface area (Å²) in [7, 11) is 0. The van der Waals surface area contributed by atoms with E-state index in [1.807, 2.05) is 49.4 Å². The third kappa shape index (κ3) is 4.19. The fourth-order valence-corrected chi connectivity index (χ4v) is 3.18. The van der Waals surface area contributed by atoms with Gasteiger partial charge in [0.15, 0.2) is 0 Å². The second kappa shape index (κ2) is 7.53. The van der Waals surface area contributed by atoms with Gasteiger partial charge in [-0.1, -0.05) is 57.2 Å². The van der Waals surface area contributed by atoms with Crippen molar-refractivity contribution < 1.29 is 9.84 Å². The molecule has 5 nitrogen and oxygen atoms in total. The Hall–Kier alpha value is -2.66. The number of aliphatic hydroxyl groups excluding tert-OH is 1. The van der Waals surface area contributed by atoms with Gasteiger partial charge in [0.2, 0.25) is 0 Å². The van der Waals surface area contributed by atoms with Crippen molar-refractivity contribution in [2.75, 3.05) is 6.61 Å². The normalized spacial score (nSPS) is 12.9. The molecule has 0 radical (unpaired) electrons. The Morgan fingerprint density at radius 2 is 1.70 bits per heavy atom. The summed E-state index contributed by atoms with van der Waals surface area (Å²) in [4.78, 5) is 12.6. The number of hydrogen-bond donors (Lipinski definition) is 1. The molecular formula is C22H26N2O3. The zero-order valence-corrected chi connectivity index (χ0v) is 16.3. The van der Waals surface area contributed by atoms with Crippen LogP contribution in [0.5, 0.6) is 5.75 Å². The minimum atomic E-state index is -0.844. The number of aliphatic hydroxyl groups is 1. The van der Waals surface area contributed by atoms with Crippen molar-refractivity contribution in [3.05, 3.63) is 70.1 Å². The molecule has 1 N–H and O–H groups in total. The third-order valence-corrected chi connectivity index (χ3v) is 4.56. The summed E-state index contributed by atoms with van der Waals surface area (Å²) in [6, 6.07) is 15.2. The first-order chi connectivity index (χ1) is 12.8. The number of aryl methyl sites for hydroxylation is 1. The predicted molar refractivity (Wildman–Crippen MR) is 107 cm³/mol. The summed E-state index contributed by atoms with van der Waals surface area (Å²) in [5.41, 5.74) is 1.57. The van der Waals surface area contributed by atoms with Crippen molar-refractivity contribution in [1.29, 1.82) is 0 Å². The Bertz CT molecular complexity index is 1000. The molecule has 2 aromatic carbocycles. The van der Waals surface area contributed by atoms with Crippen LogP contribution in [0.4, 0.5) is 0 Å². The highest BCUT2D eigenvalue weighted by molar-refractivity contribution is 5.83. The van der Waals surface area contributed by atoms with Crippen molar-refractivity contribution in [2.24, 2.45) is 0 Å². The van der Waals surface area contributed by atoms with E-state index in [9.17, 15) is 9.90 Å². The number of fused-ring (bicyclic) bond motifs is 1. The molecule has 142 valence electrons. The lowest BCUT2D eigenvalue weighted by atomic mass is 9.86. The van der Waals surface area contributed by atoms with Crippen molar-refractivity contribution in [1.82, 2.24) is 9.78 Å². The van der Waals surface area contributed by atoms with Gasteiger partial charge in [-0.3, -0.25) is 4.79 Å². The maximum atomic E-state index is 12.6. The van der Waals surface area contributed by atoms with Gasteiger partial charge in [0.1, 0.15) is 18.5 Å². The van der Waals surface area contributed by atoms with Crippen LogP contribution in [0.2, 0.25) is 0 Å². The molecule has 3 rings (SSSR count). The van der Waals surface area contributed by atoms with Gasteiger partial charge >= 0.3 is 0 Å². The van der Waals surface area contributed by atoms with E-state index in [1.165, 1.54) is 4.68 Å². The van der Waals surface area contributed by atoms with Gasteiger partial charge in [-0.2, -0.15) is 5.10 Å². The Morgan fingerprint density at radius 3 is 2.41 bits per heavy atom. The quantitative estimate of drug-likeness (QED) is 0.751. The zero-order chi connectivity index (χ0) is 19.6. The van der Waals surface area contributed by atoms with Crippen LogP contribution in [0.15, 0.2) is 53.3 Å². The minimum Gasteiger partial charge on any atom is -0.491 e. The van der Waals surface area contributed by atoms with Gasteiger partial charge in [0.05, 0.1) is 17.6 Å². The van der Waals surface area contributed by atoms with E-state index >= 15 is 0 Å². The summed E-state index contributed by atoms with van der Waals surface area (Å²) < 4.78 is 7.18. The number of nitrogens with zero attached hydrogens (tertiary/aromatic N) is 2. The van der Waals surface area contributed by atoms with Crippen LogP contribution in [-0.4, -0.2) is 27.6 Å². The fourth-order valence-electron chi connectivity index (χ4n) is 3.18. The van der Waals surface area contributed by atoms with Crippen molar-refractivity contribution >= 4 is 10.8 Å². The van der Waals surface area contributed by atoms with Gasteiger partial charge in [-0.15, -0.1) is 0 Å². The molecule has 0 amide bonds. The van der Waals surface area contributed by atoms with Crippen LogP contribution < -0.4 is 10.3 Å². The summed E-state index contributed by atoms with van der Waals surface area (Å²) in [6.45, 7) is 8.39. The first-order valence-corrected chi connectivity index (χ1v) is 9.14. The Kier molecular flexibility index (Phi) is 5.33. The molecule has 1 heterocycles. The highest BCUT2D eigenvalue weighted by atomic mass is 16.5. The van der Waals surface area contributed by atoms with Crippen LogP contribution in [-0.2, 0) is 12.0 Å². The first kappa shape index (κ1) is 19.1. The molecule has 3 aromatic rings. The standard InChI is InChI=1S/C22H26N2O3/c1-15-17-9-5-6-10-18(17)21(26)24(23-15)13-16(25)14-27-20-12-8-7-11-19(20)22(2,3)4/h5-12,16,25H,13-14H2,1-4H3. The van der Waals surface area contributed by atoms with E-state index in [0.29, 0.717) is 5.39 Å². The maximum Gasteiger partial charge on any atom is 0.274 e. The SMILES string of the molecule is Cc1nn(CC(O)COc2ccccc2C(C)(C)C)c(=O)c2ccccc12. The van der Waals surface area contributed by atoms with Crippen molar-refractivity contribution in [3.63, 3.8) is 0 Å². The molecule has 0 aliphatic rings. The number of para-hydroxylation sites is 1. The third-order valence-electron chi connectivity index (χ3n) is 4.56.